The fourth-order valence-electron chi connectivity index (χ4n) is 1.88. The lowest BCUT2D eigenvalue weighted by molar-refractivity contribution is 0.378. The zero-order valence-corrected chi connectivity index (χ0v) is 13.0. The molecule has 1 aromatic rings. The summed E-state index contributed by atoms with van der Waals surface area (Å²) in [6.45, 7) is 6.48. The Bertz CT molecular complexity index is 340. The van der Waals surface area contributed by atoms with Gasteiger partial charge in [-0.25, -0.2) is 4.39 Å². The maximum absolute atomic E-state index is 13.6. The second-order valence-electron chi connectivity index (χ2n) is 4.53. The highest BCUT2D eigenvalue weighted by Gasteiger charge is 2.20. The summed E-state index contributed by atoms with van der Waals surface area (Å²) < 4.78 is 14.6. The van der Waals surface area contributed by atoms with Gasteiger partial charge in [0.05, 0.1) is 0 Å². The van der Waals surface area contributed by atoms with Gasteiger partial charge >= 0.3 is 0 Å². The lowest BCUT2D eigenvalue weighted by Crippen LogP contribution is -2.20. The van der Waals surface area contributed by atoms with Crippen molar-refractivity contribution in [2.45, 2.75) is 32.0 Å². The van der Waals surface area contributed by atoms with Crippen LogP contribution in [0.15, 0.2) is 22.7 Å². The summed E-state index contributed by atoms with van der Waals surface area (Å²) in [7, 11) is 0. The standard InChI is InChI=1S/C13H17Br2F/c1-8(2)12(9(3)14)7-10-6-11(15)4-5-13(10)16/h4-6,8-9,12H,7H2,1-3H3. The number of rotatable bonds is 4. The summed E-state index contributed by atoms with van der Waals surface area (Å²) >= 11 is 6.99. The van der Waals surface area contributed by atoms with Crippen LogP contribution in [0.4, 0.5) is 4.39 Å². The molecule has 1 rings (SSSR count). The van der Waals surface area contributed by atoms with Crippen molar-refractivity contribution < 1.29 is 4.39 Å². The van der Waals surface area contributed by atoms with Gasteiger partial charge in [0.1, 0.15) is 5.82 Å². The van der Waals surface area contributed by atoms with E-state index in [9.17, 15) is 4.39 Å². The zero-order chi connectivity index (χ0) is 12.3. The van der Waals surface area contributed by atoms with Crippen LogP contribution < -0.4 is 0 Å². The van der Waals surface area contributed by atoms with Crippen LogP contribution in [0.3, 0.4) is 0 Å². The van der Waals surface area contributed by atoms with E-state index < -0.39 is 0 Å². The van der Waals surface area contributed by atoms with Crippen LogP contribution in [0.1, 0.15) is 26.3 Å². The summed E-state index contributed by atoms with van der Waals surface area (Å²) in [4.78, 5) is 0.394. The maximum atomic E-state index is 13.6. The average Bonchev–Trinajstić information content (AvgIpc) is 2.18. The summed E-state index contributed by atoms with van der Waals surface area (Å²) in [6, 6.07) is 5.14. The minimum absolute atomic E-state index is 0.109. The SMILES string of the molecule is CC(C)C(Cc1cc(Br)ccc1F)C(C)Br. The van der Waals surface area contributed by atoms with E-state index in [1.165, 1.54) is 6.07 Å². The second-order valence-corrected chi connectivity index (χ2v) is 6.89. The first-order chi connectivity index (χ1) is 7.41. The summed E-state index contributed by atoms with van der Waals surface area (Å²) in [5, 5.41) is 0. The highest BCUT2D eigenvalue weighted by atomic mass is 79.9. The van der Waals surface area contributed by atoms with Gasteiger partial charge in [-0.2, -0.15) is 0 Å². The molecule has 0 nitrogen and oxygen atoms in total. The first-order valence-corrected chi connectivity index (χ1v) is 7.20. The van der Waals surface area contributed by atoms with Crippen molar-refractivity contribution in [3.8, 4) is 0 Å². The molecule has 90 valence electrons. The third-order valence-electron chi connectivity index (χ3n) is 2.91. The molecule has 16 heavy (non-hydrogen) atoms. The van der Waals surface area contributed by atoms with Crippen molar-refractivity contribution in [1.29, 1.82) is 0 Å². The van der Waals surface area contributed by atoms with Crippen molar-refractivity contribution in [3.63, 3.8) is 0 Å². The average molecular weight is 352 g/mol. The molecule has 0 N–H and O–H groups in total. The molecule has 2 unspecified atom stereocenters. The molecule has 0 amide bonds. The van der Waals surface area contributed by atoms with E-state index in [0.717, 1.165) is 16.5 Å². The summed E-state index contributed by atoms with van der Waals surface area (Å²) in [5.74, 6) is 0.874. The summed E-state index contributed by atoms with van der Waals surface area (Å²) in [5.41, 5.74) is 0.791. The molecule has 0 saturated carbocycles. The lowest BCUT2D eigenvalue weighted by atomic mass is 9.87. The monoisotopic (exact) mass is 350 g/mol. The number of halogens is 3. The molecule has 0 aliphatic carbocycles. The van der Waals surface area contributed by atoms with Gasteiger partial charge in [-0.3, -0.25) is 0 Å². The molecule has 0 fully saturated rings. The Hall–Kier alpha value is 0.110. The van der Waals surface area contributed by atoms with Crippen LogP contribution in [0.25, 0.3) is 0 Å². The first-order valence-electron chi connectivity index (χ1n) is 5.49. The van der Waals surface area contributed by atoms with E-state index >= 15 is 0 Å². The minimum atomic E-state index is -0.109. The molecule has 3 heteroatoms. The second kappa shape index (κ2) is 6.15. The normalized spacial score (nSPS) is 15.2. The van der Waals surface area contributed by atoms with Crippen molar-refractivity contribution in [2.24, 2.45) is 11.8 Å². The van der Waals surface area contributed by atoms with Crippen molar-refractivity contribution in [1.82, 2.24) is 0 Å². The molecular formula is C13H17Br2F. The van der Waals surface area contributed by atoms with Gasteiger partial charge in [-0.15, -0.1) is 0 Å². The number of hydrogen-bond acceptors (Lipinski definition) is 0. The van der Waals surface area contributed by atoms with Crippen LogP contribution >= 0.6 is 31.9 Å². The van der Waals surface area contributed by atoms with Gasteiger partial charge < -0.3 is 0 Å². The third kappa shape index (κ3) is 3.85. The first kappa shape index (κ1) is 14.2. The predicted molar refractivity (Wildman–Crippen MR) is 74.5 cm³/mol. The highest BCUT2D eigenvalue weighted by Crippen LogP contribution is 2.27. The Morgan fingerprint density at radius 1 is 1.25 bits per heavy atom. The van der Waals surface area contributed by atoms with Crippen LogP contribution in [0, 0.1) is 17.7 Å². The maximum Gasteiger partial charge on any atom is 0.126 e. The van der Waals surface area contributed by atoms with Crippen LogP contribution in [0.5, 0.6) is 0 Å². The Balaban J connectivity index is 2.89. The number of benzene rings is 1. The Morgan fingerprint density at radius 2 is 1.88 bits per heavy atom. The summed E-state index contributed by atoms with van der Waals surface area (Å²) in [6.07, 6.45) is 0.773. The van der Waals surface area contributed by atoms with Crippen LogP contribution in [-0.2, 0) is 6.42 Å². The van der Waals surface area contributed by atoms with E-state index in [0.29, 0.717) is 16.7 Å². The van der Waals surface area contributed by atoms with Gasteiger partial charge in [0.15, 0.2) is 0 Å². The van der Waals surface area contributed by atoms with Crippen molar-refractivity contribution >= 4 is 31.9 Å². The molecule has 0 bridgehead atoms. The molecule has 1 aromatic carbocycles. The fraction of sp³-hybridized carbons (Fsp3) is 0.538. The van der Waals surface area contributed by atoms with E-state index in [-0.39, 0.29) is 5.82 Å². The van der Waals surface area contributed by atoms with E-state index in [2.05, 4.69) is 52.6 Å². The zero-order valence-electron chi connectivity index (χ0n) is 9.81. The fourth-order valence-corrected chi connectivity index (χ4v) is 3.09. The third-order valence-corrected chi connectivity index (χ3v) is 4.08. The molecule has 0 aliphatic rings. The molecule has 0 aromatic heterocycles. The molecule has 0 aliphatic heterocycles. The number of alkyl halides is 1. The van der Waals surface area contributed by atoms with Crippen molar-refractivity contribution in [3.05, 3.63) is 34.1 Å². The van der Waals surface area contributed by atoms with Crippen LogP contribution in [-0.4, -0.2) is 4.83 Å². The quantitative estimate of drug-likeness (QED) is 0.655. The molecule has 0 heterocycles. The predicted octanol–water partition coefficient (Wildman–Crippen LogP) is 5.19. The highest BCUT2D eigenvalue weighted by molar-refractivity contribution is 9.10. The molecule has 2 atom stereocenters. The molecule has 0 saturated heterocycles. The Labute approximate surface area is 114 Å². The smallest absolute Gasteiger partial charge is 0.126 e. The van der Waals surface area contributed by atoms with Gasteiger partial charge in [0, 0.05) is 9.30 Å². The molecule has 0 spiro atoms. The van der Waals surface area contributed by atoms with Gasteiger partial charge in [-0.05, 0) is 42.0 Å². The minimum Gasteiger partial charge on any atom is -0.207 e. The largest absolute Gasteiger partial charge is 0.207 e. The molecular weight excluding hydrogens is 335 g/mol. The van der Waals surface area contributed by atoms with Crippen molar-refractivity contribution in [2.75, 3.05) is 0 Å². The van der Waals surface area contributed by atoms with E-state index in [1.807, 2.05) is 6.07 Å². The Kier molecular flexibility index (Phi) is 5.45. The van der Waals surface area contributed by atoms with Crippen LogP contribution in [0.2, 0.25) is 0 Å². The van der Waals surface area contributed by atoms with Gasteiger partial charge in [-0.1, -0.05) is 52.6 Å². The van der Waals surface area contributed by atoms with E-state index in [4.69, 9.17) is 0 Å². The van der Waals surface area contributed by atoms with Gasteiger partial charge in [0.2, 0.25) is 0 Å². The van der Waals surface area contributed by atoms with E-state index in [1.54, 1.807) is 6.07 Å². The lowest BCUT2D eigenvalue weighted by Gasteiger charge is -2.24. The Morgan fingerprint density at radius 3 is 2.38 bits per heavy atom. The van der Waals surface area contributed by atoms with Gasteiger partial charge in [0.25, 0.3) is 0 Å². The topological polar surface area (TPSA) is 0 Å². The number of hydrogen-bond donors (Lipinski definition) is 0. The molecule has 0 radical (unpaired) electrons.